The van der Waals surface area contributed by atoms with Gasteiger partial charge in [-0.05, 0) is 18.4 Å². The van der Waals surface area contributed by atoms with Gasteiger partial charge in [-0.25, -0.2) is 0 Å². The molecule has 2 heterocycles. The smallest absolute Gasteiger partial charge is 0.195 e. The topological polar surface area (TPSA) is 80.1 Å². The zero-order valence-corrected chi connectivity index (χ0v) is 13.0. The largest absolute Gasteiger partial charge is 0.280 e. The molecule has 1 atom stereocenters. The third-order valence-electron chi connectivity index (χ3n) is 3.71. The highest BCUT2D eigenvalue weighted by Gasteiger charge is 2.28. The molecule has 22 heavy (non-hydrogen) atoms. The summed E-state index contributed by atoms with van der Waals surface area (Å²) in [5.74, 6) is 0. The zero-order chi connectivity index (χ0) is 15.4. The minimum Gasteiger partial charge on any atom is -0.195 e. The van der Waals surface area contributed by atoms with Gasteiger partial charge in [-0.15, -0.1) is 0 Å². The van der Waals surface area contributed by atoms with E-state index in [1.807, 2.05) is 30.3 Å². The van der Waals surface area contributed by atoms with Gasteiger partial charge >= 0.3 is 0 Å². The van der Waals surface area contributed by atoms with Crippen molar-refractivity contribution in [2.45, 2.75) is 25.4 Å². The van der Waals surface area contributed by atoms with Crippen molar-refractivity contribution in [1.82, 2.24) is 24.0 Å². The van der Waals surface area contributed by atoms with Crippen LogP contribution in [0.1, 0.15) is 24.4 Å². The van der Waals surface area contributed by atoms with Gasteiger partial charge in [0, 0.05) is 13.1 Å². The van der Waals surface area contributed by atoms with E-state index >= 15 is 0 Å². The number of hydrogen-bond acceptors (Lipinski definition) is 4. The highest BCUT2D eigenvalue weighted by molar-refractivity contribution is 7.87. The van der Waals surface area contributed by atoms with E-state index in [-0.39, 0.29) is 0 Å². The van der Waals surface area contributed by atoms with Crippen molar-refractivity contribution in [2.24, 2.45) is 0 Å². The predicted molar refractivity (Wildman–Crippen MR) is 82.1 cm³/mol. The van der Waals surface area contributed by atoms with E-state index in [1.54, 1.807) is 12.4 Å². The highest BCUT2D eigenvalue weighted by Crippen LogP contribution is 2.19. The molecular formula is C14H19N5O2S. The van der Waals surface area contributed by atoms with Crippen LogP contribution in [0.15, 0.2) is 42.7 Å². The number of nitrogens with one attached hydrogen (secondary N) is 1. The molecule has 0 spiro atoms. The summed E-state index contributed by atoms with van der Waals surface area (Å²) in [6.45, 7) is 1.51. The normalized spacial score (nSPS) is 17.6. The SMILES string of the molecule is O=S(=O)(NC(Cn1nccn1)c1ccccc1)N1CCCC1. The van der Waals surface area contributed by atoms with Crippen molar-refractivity contribution < 1.29 is 8.42 Å². The second kappa shape index (κ2) is 6.55. The molecule has 0 radical (unpaired) electrons. The molecule has 118 valence electrons. The van der Waals surface area contributed by atoms with Crippen LogP contribution in [0.5, 0.6) is 0 Å². The van der Waals surface area contributed by atoms with Gasteiger partial charge in [0.05, 0.1) is 25.0 Å². The van der Waals surface area contributed by atoms with E-state index in [2.05, 4.69) is 14.9 Å². The summed E-state index contributed by atoms with van der Waals surface area (Å²) >= 11 is 0. The van der Waals surface area contributed by atoms with Crippen LogP contribution >= 0.6 is 0 Å². The third kappa shape index (κ3) is 3.52. The lowest BCUT2D eigenvalue weighted by atomic mass is 10.1. The molecule has 1 aliphatic rings. The molecule has 1 aliphatic heterocycles. The summed E-state index contributed by atoms with van der Waals surface area (Å²) in [7, 11) is -3.50. The Hall–Kier alpha value is -1.77. The van der Waals surface area contributed by atoms with Crippen molar-refractivity contribution in [3.63, 3.8) is 0 Å². The molecule has 2 aromatic rings. The maximum absolute atomic E-state index is 12.5. The lowest BCUT2D eigenvalue weighted by Crippen LogP contribution is -2.42. The van der Waals surface area contributed by atoms with Gasteiger partial charge in [-0.2, -0.15) is 32.4 Å². The van der Waals surface area contributed by atoms with Gasteiger partial charge in [0.25, 0.3) is 10.2 Å². The summed E-state index contributed by atoms with van der Waals surface area (Å²) in [4.78, 5) is 1.49. The van der Waals surface area contributed by atoms with Crippen molar-refractivity contribution in [3.05, 3.63) is 48.3 Å². The van der Waals surface area contributed by atoms with Gasteiger partial charge in [-0.3, -0.25) is 0 Å². The molecule has 8 heteroatoms. The van der Waals surface area contributed by atoms with Crippen molar-refractivity contribution >= 4 is 10.2 Å². The first-order valence-corrected chi connectivity index (χ1v) is 8.75. The predicted octanol–water partition coefficient (Wildman–Crippen LogP) is 0.950. The molecular weight excluding hydrogens is 302 g/mol. The fraction of sp³-hybridized carbons (Fsp3) is 0.429. The average molecular weight is 321 g/mol. The Morgan fingerprint density at radius 2 is 1.73 bits per heavy atom. The van der Waals surface area contributed by atoms with E-state index in [9.17, 15) is 8.42 Å². The van der Waals surface area contributed by atoms with E-state index in [0.29, 0.717) is 19.6 Å². The maximum atomic E-state index is 12.5. The Kier molecular flexibility index (Phi) is 4.51. The molecule has 1 unspecified atom stereocenters. The van der Waals surface area contributed by atoms with Crippen LogP contribution in [-0.2, 0) is 16.8 Å². The van der Waals surface area contributed by atoms with Gasteiger partial charge in [0.15, 0.2) is 0 Å². The quantitative estimate of drug-likeness (QED) is 0.859. The lowest BCUT2D eigenvalue weighted by molar-refractivity contribution is 0.416. The van der Waals surface area contributed by atoms with Crippen molar-refractivity contribution in [2.75, 3.05) is 13.1 Å². The Bertz CT molecular complexity index is 681. The number of nitrogens with zero attached hydrogens (tertiary/aromatic N) is 4. The minimum atomic E-state index is -3.50. The van der Waals surface area contributed by atoms with Crippen LogP contribution < -0.4 is 4.72 Å². The molecule has 1 aromatic carbocycles. The maximum Gasteiger partial charge on any atom is 0.280 e. The number of rotatable bonds is 6. The van der Waals surface area contributed by atoms with Crippen LogP contribution in [0, 0.1) is 0 Å². The molecule has 1 fully saturated rings. The zero-order valence-electron chi connectivity index (χ0n) is 12.2. The average Bonchev–Trinajstić information content (AvgIpc) is 3.21. The minimum absolute atomic E-state index is 0.351. The monoisotopic (exact) mass is 321 g/mol. The molecule has 0 saturated carbocycles. The summed E-state index contributed by atoms with van der Waals surface area (Å²) in [6, 6.07) is 9.09. The molecule has 7 nitrogen and oxygen atoms in total. The summed E-state index contributed by atoms with van der Waals surface area (Å²) in [5, 5.41) is 8.13. The molecule has 0 aliphatic carbocycles. The third-order valence-corrected chi connectivity index (χ3v) is 5.34. The highest BCUT2D eigenvalue weighted by atomic mass is 32.2. The molecule has 3 rings (SSSR count). The fourth-order valence-corrected chi connectivity index (χ4v) is 4.04. The Morgan fingerprint density at radius 3 is 2.36 bits per heavy atom. The Labute approximate surface area is 130 Å². The van der Waals surface area contributed by atoms with Gasteiger partial charge in [-0.1, -0.05) is 30.3 Å². The van der Waals surface area contributed by atoms with E-state index in [1.165, 1.54) is 9.10 Å². The first-order chi connectivity index (χ1) is 10.6. The molecule has 0 bridgehead atoms. The van der Waals surface area contributed by atoms with Crippen LogP contribution in [0.3, 0.4) is 0 Å². The van der Waals surface area contributed by atoms with Crippen molar-refractivity contribution in [3.8, 4) is 0 Å². The molecule has 1 saturated heterocycles. The van der Waals surface area contributed by atoms with Gasteiger partial charge in [0.1, 0.15) is 0 Å². The number of benzene rings is 1. The van der Waals surface area contributed by atoms with E-state index in [0.717, 1.165) is 18.4 Å². The second-order valence-corrected chi connectivity index (χ2v) is 6.98. The molecule has 0 amide bonds. The number of aromatic nitrogens is 3. The summed E-state index contributed by atoms with van der Waals surface area (Å²) in [5.41, 5.74) is 0.891. The Morgan fingerprint density at radius 1 is 1.09 bits per heavy atom. The van der Waals surface area contributed by atoms with Crippen LogP contribution in [0.2, 0.25) is 0 Å². The summed E-state index contributed by atoms with van der Waals surface area (Å²) < 4.78 is 29.3. The lowest BCUT2D eigenvalue weighted by Gasteiger charge is -2.23. The van der Waals surface area contributed by atoms with Crippen LogP contribution in [0.25, 0.3) is 0 Å². The van der Waals surface area contributed by atoms with Crippen molar-refractivity contribution in [1.29, 1.82) is 0 Å². The first kappa shape index (κ1) is 15.1. The van der Waals surface area contributed by atoms with E-state index in [4.69, 9.17) is 0 Å². The standard InChI is InChI=1S/C14H19N5O2S/c20-22(21,18-10-4-5-11-18)17-14(12-19-15-8-9-16-19)13-6-2-1-3-7-13/h1-3,6-9,14,17H,4-5,10-12H2. The summed E-state index contributed by atoms with van der Waals surface area (Å²) in [6.07, 6.45) is 4.99. The molecule has 1 aromatic heterocycles. The van der Waals surface area contributed by atoms with Gasteiger partial charge in [0.2, 0.25) is 0 Å². The fourth-order valence-electron chi connectivity index (χ4n) is 2.58. The number of hydrogen-bond donors (Lipinski definition) is 1. The Balaban J connectivity index is 1.82. The first-order valence-electron chi connectivity index (χ1n) is 7.31. The van der Waals surface area contributed by atoms with E-state index < -0.39 is 16.3 Å². The van der Waals surface area contributed by atoms with Crippen LogP contribution in [-0.4, -0.2) is 40.8 Å². The van der Waals surface area contributed by atoms with Gasteiger partial charge < -0.3 is 0 Å². The second-order valence-electron chi connectivity index (χ2n) is 5.28. The molecule has 1 N–H and O–H groups in total. The van der Waals surface area contributed by atoms with Crippen LogP contribution in [0.4, 0.5) is 0 Å².